The Kier molecular flexibility index (Phi) is 6.66. The van der Waals surface area contributed by atoms with E-state index in [4.69, 9.17) is 9.47 Å². The molecule has 7 heteroatoms. The monoisotopic (exact) mass is 434 g/mol. The van der Waals surface area contributed by atoms with Crippen LogP contribution in [0.3, 0.4) is 0 Å². The van der Waals surface area contributed by atoms with Gasteiger partial charge >= 0.3 is 5.97 Å². The van der Waals surface area contributed by atoms with Crippen LogP contribution in [-0.4, -0.2) is 56.1 Å². The number of piperidine rings is 1. The Morgan fingerprint density at radius 3 is 2.22 bits per heavy atom. The zero-order valence-electron chi connectivity index (χ0n) is 18.1. The smallest absolute Gasteiger partial charge is 0.338 e. The minimum absolute atomic E-state index is 0.156. The molecule has 7 nitrogen and oxygen atoms in total. The number of rotatable bonds is 7. The lowest BCUT2D eigenvalue weighted by atomic mass is 10.0. The number of likely N-dealkylation sites (tertiary alicyclic amines) is 1. The SMILES string of the molecule is COCCOC(=O)c1ccc(N2C(=O)C(c3ccccc3)=C(N3CCCCC3)C2=O)cc1. The molecule has 2 aliphatic rings. The zero-order chi connectivity index (χ0) is 22.5. The van der Waals surface area contributed by atoms with E-state index in [1.807, 2.05) is 35.2 Å². The average Bonchev–Trinajstić information content (AvgIpc) is 3.10. The van der Waals surface area contributed by atoms with E-state index in [0.29, 0.717) is 29.1 Å². The van der Waals surface area contributed by atoms with Crippen molar-refractivity contribution in [3.63, 3.8) is 0 Å². The molecule has 1 fully saturated rings. The number of ether oxygens (including phenoxy) is 2. The molecule has 1 saturated heterocycles. The highest BCUT2D eigenvalue weighted by molar-refractivity contribution is 6.45. The van der Waals surface area contributed by atoms with Crippen molar-refractivity contribution >= 4 is 29.0 Å². The summed E-state index contributed by atoms with van der Waals surface area (Å²) < 4.78 is 10.00. The summed E-state index contributed by atoms with van der Waals surface area (Å²) in [6, 6.07) is 15.6. The molecule has 0 spiro atoms. The van der Waals surface area contributed by atoms with E-state index in [1.165, 1.54) is 12.0 Å². The Morgan fingerprint density at radius 2 is 1.56 bits per heavy atom. The quantitative estimate of drug-likeness (QED) is 0.378. The van der Waals surface area contributed by atoms with Crippen molar-refractivity contribution in [2.24, 2.45) is 0 Å². The fourth-order valence-electron chi connectivity index (χ4n) is 4.08. The van der Waals surface area contributed by atoms with E-state index in [9.17, 15) is 14.4 Å². The molecule has 2 amide bonds. The van der Waals surface area contributed by atoms with Gasteiger partial charge in [0.15, 0.2) is 0 Å². The van der Waals surface area contributed by atoms with Crippen LogP contribution in [-0.2, 0) is 19.1 Å². The van der Waals surface area contributed by atoms with Gasteiger partial charge in [-0.2, -0.15) is 0 Å². The average molecular weight is 434 g/mol. The second-order valence-corrected chi connectivity index (χ2v) is 7.76. The number of benzene rings is 2. The molecule has 0 bridgehead atoms. The molecule has 0 radical (unpaired) electrons. The Bertz CT molecular complexity index is 1020. The Morgan fingerprint density at radius 1 is 0.875 bits per heavy atom. The first-order chi connectivity index (χ1) is 15.6. The number of carbonyl (C=O) groups excluding carboxylic acids is 3. The number of methoxy groups -OCH3 is 1. The summed E-state index contributed by atoms with van der Waals surface area (Å²) in [7, 11) is 1.53. The van der Waals surface area contributed by atoms with E-state index in [1.54, 1.807) is 24.3 Å². The number of carbonyl (C=O) groups is 3. The fourth-order valence-corrected chi connectivity index (χ4v) is 4.08. The number of imide groups is 1. The first-order valence-electron chi connectivity index (χ1n) is 10.8. The summed E-state index contributed by atoms with van der Waals surface area (Å²) in [6.07, 6.45) is 3.11. The van der Waals surface area contributed by atoms with Crippen LogP contribution in [0.15, 0.2) is 60.3 Å². The van der Waals surface area contributed by atoms with Gasteiger partial charge in [0.1, 0.15) is 12.3 Å². The number of esters is 1. The van der Waals surface area contributed by atoms with Crippen molar-refractivity contribution in [2.75, 3.05) is 38.3 Å². The van der Waals surface area contributed by atoms with Crippen LogP contribution in [0.4, 0.5) is 5.69 Å². The molecule has 166 valence electrons. The molecule has 2 aromatic carbocycles. The maximum atomic E-state index is 13.5. The summed E-state index contributed by atoms with van der Waals surface area (Å²) >= 11 is 0. The zero-order valence-corrected chi connectivity index (χ0v) is 18.1. The second kappa shape index (κ2) is 9.78. The Balaban J connectivity index is 1.63. The molecular weight excluding hydrogens is 408 g/mol. The highest BCUT2D eigenvalue weighted by Crippen LogP contribution is 2.35. The van der Waals surface area contributed by atoms with Crippen LogP contribution < -0.4 is 4.90 Å². The van der Waals surface area contributed by atoms with E-state index >= 15 is 0 Å². The van der Waals surface area contributed by atoms with Crippen LogP contribution in [0.1, 0.15) is 35.2 Å². The Hall–Kier alpha value is -3.45. The molecule has 0 saturated carbocycles. The Labute approximate surface area is 187 Å². The van der Waals surface area contributed by atoms with Gasteiger partial charge in [0, 0.05) is 20.2 Å². The standard InChI is InChI=1S/C25H26N2O5/c1-31-16-17-32-25(30)19-10-12-20(13-11-19)27-23(28)21(18-8-4-2-5-9-18)22(24(27)29)26-14-6-3-7-15-26/h2,4-5,8-13H,3,6-7,14-17H2,1H3. The minimum Gasteiger partial charge on any atom is -0.460 e. The lowest BCUT2D eigenvalue weighted by molar-refractivity contribution is -0.120. The van der Waals surface area contributed by atoms with Crippen LogP contribution >= 0.6 is 0 Å². The summed E-state index contributed by atoms with van der Waals surface area (Å²) in [4.78, 5) is 42.3. The van der Waals surface area contributed by atoms with Crippen LogP contribution in [0, 0.1) is 0 Å². The fraction of sp³-hybridized carbons (Fsp3) is 0.320. The van der Waals surface area contributed by atoms with Gasteiger partial charge < -0.3 is 14.4 Å². The van der Waals surface area contributed by atoms with Gasteiger partial charge in [-0.25, -0.2) is 9.69 Å². The van der Waals surface area contributed by atoms with Crippen molar-refractivity contribution in [1.82, 2.24) is 4.90 Å². The first-order valence-corrected chi connectivity index (χ1v) is 10.8. The number of nitrogens with zero attached hydrogens (tertiary/aromatic N) is 2. The molecule has 0 unspecified atom stereocenters. The molecule has 0 aliphatic carbocycles. The predicted molar refractivity (Wildman–Crippen MR) is 120 cm³/mol. The molecule has 0 N–H and O–H groups in total. The number of hydrogen-bond donors (Lipinski definition) is 0. The van der Waals surface area contributed by atoms with Gasteiger partial charge in [-0.1, -0.05) is 30.3 Å². The summed E-state index contributed by atoms with van der Waals surface area (Å²) in [5.41, 5.74) is 2.39. The molecule has 2 heterocycles. The van der Waals surface area contributed by atoms with E-state index < -0.39 is 5.97 Å². The predicted octanol–water partition coefficient (Wildman–Crippen LogP) is 3.26. The minimum atomic E-state index is -0.482. The maximum Gasteiger partial charge on any atom is 0.338 e. The van der Waals surface area contributed by atoms with Gasteiger partial charge in [-0.3, -0.25) is 9.59 Å². The van der Waals surface area contributed by atoms with E-state index in [0.717, 1.165) is 37.9 Å². The second-order valence-electron chi connectivity index (χ2n) is 7.76. The number of amides is 2. The summed E-state index contributed by atoms with van der Waals surface area (Å²) in [5.74, 6) is -1.16. The van der Waals surface area contributed by atoms with Crippen molar-refractivity contribution in [1.29, 1.82) is 0 Å². The van der Waals surface area contributed by atoms with Crippen molar-refractivity contribution in [3.8, 4) is 0 Å². The molecular formula is C25H26N2O5. The van der Waals surface area contributed by atoms with E-state index in [-0.39, 0.29) is 18.4 Å². The molecule has 0 aromatic heterocycles. The molecule has 4 rings (SSSR count). The van der Waals surface area contributed by atoms with Gasteiger partial charge in [-0.15, -0.1) is 0 Å². The molecule has 32 heavy (non-hydrogen) atoms. The topological polar surface area (TPSA) is 76.2 Å². The molecule has 2 aromatic rings. The third kappa shape index (κ3) is 4.29. The third-order valence-electron chi connectivity index (χ3n) is 5.68. The lowest BCUT2D eigenvalue weighted by Crippen LogP contribution is -2.37. The van der Waals surface area contributed by atoms with E-state index in [2.05, 4.69) is 0 Å². The highest BCUT2D eigenvalue weighted by Gasteiger charge is 2.42. The molecule has 2 aliphatic heterocycles. The van der Waals surface area contributed by atoms with Gasteiger partial charge in [0.2, 0.25) is 0 Å². The molecule has 0 atom stereocenters. The third-order valence-corrected chi connectivity index (χ3v) is 5.68. The van der Waals surface area contributed by atoms with Crippen molar-refractivity contribution in [2.45, 2.75) is 19.3 Å². The van der Waals surface area contributed by atoms with Gasteiger partial charge in [0.05, 0.1) is 23.4 Å². The van der Waals surface area contributed by atoms with Gasteiger partial charge in [-0.05, 0) is 49.1 Å². The number of anilines is 1. The van der Waals surface area contributed by atoms with Crippen molar-refractivity contribution < 1.29 is 23.9 Å². The van der Waals surface area contributed by atoms with Crippen LogP contribution in [0.5, 0.6) is 0 Å². The summed E-state index contributed by atoms with van der Waals surface area (Å²) in [5, 5.41) is 0. The largest absolute Gasteiger partial charge is 0.460 e. The van der Waals surface area contributed by atoms with Crippen LogP contribution in [0.2, 0.25) is 0 Å². The normalized spacial score (nSPS) is 16.7. The number of hydrogen-bond acceptors (Lipinski definition) is 6. The van der Waals surface area contributed by atoms with Gasteiger partial charge in [0.25, 0.3) is 11.8 Å². The van der Waals surface area contributed by atoms with Crippen LogP contribution in [0.25, 0.3) is 5.57 Å². The maximum absolute atomic E-state index is 13.5. The van der Waals surface area contributed by atoms with Crippen molar-refractivity contribution in [3.05, 3.63) is 71.4 Å². The highest BCUT2D eigenvalue weighted by atomic mass is 16.6. The summed E-state index contributed by atoms with van der Waals surface area (Å²) in [6.45, 7) is 1.98. The first kappa shape index (κ1) is 21.8. The lowest BCUT2D eigenvalue weighted by Gasteiger charge is -2.29.